The second-order valence-corrected chi connectivity index (χ2v) is 6.20. The number of ketones is 1. The fourth-order valence-electron chi connectivity index (χ4n) is 2.81. The van der Waals surface area contributed by atoms with Gasteiger partial charge >= 0.3 is 0 Å². The number of hydrogen-bond acceptors (Lipinski definition) is 4. The van der Waals surface area contributed by atoms with Gasteiger partial charge in [0.15, 0.2) is 23.1 Å². The van der Waals surface area contributed by atoms with Gasteiger partial charge < -0.3 is 0 Å². The summed E-state index contributed by atoms with van der Waals surface area (Å²) in [5, 5.41) is 7.69. The molecule has 3 heterocycles. The standard InChI is InChI=1S/C20H14F2N4O/c21-17-5-2-13(8-18(17)22)7-14-1-4-16(23-10-14)9-19(27)15-3-6-20-25-24-12-26(20)11-15/h1-6,8,10-12H,7,9H2. The van der Waals surface area contributed by atoms with E-state index in [9.17, 15) is 13.6 Å². The van der Waals surface area contributed by atoms with Crippen molar-refractivity contribution in [3.63, 3.8) is 0 Å². The molecule has 0 aliphatic carbocycles. The second-order valence-electron chi connectivity index (χ2n) is 6.20. The lowest BCUT2D eigenvalue weighted by molar-refractivity contribution is 0.0991. The van der Waals surface area contributed by atoms with Gasteiger partial charge in [0.1, 0.15) is 6.33 Å². The van der Waals surface area contributed by atoms with E-state index >= 15 is 0 Å². The predicted octanol–water partition coefficient (Wildman–Crippen LogP) is 3.42. The molecule has 0 N–H and O–H groups in total. The first-order valence-electron chi connectivity index (χ1n) is 8.29. The summed E-state index contributed by atoms with van der Waals surface area (Å²) in [7, 11) is 0. The Morgan fingerprint density at radius 2 is 1.85 bits per heavy atom. The smallest absolute Gasteiger partial charge is 0.170 e. The first-order chi connectivity index (χ1) is 13.1. The maximum absolute atomic E-state index is 13.3. The number of benzene rings is 1. The van der Waals surface area contributed by atoms with Crippen LogP contribution in [0.5, 0.6) is 0 Å². The number of nitrogens with zero attached hydrogens (tertiary/aromatic N) is 4. The van der Waals surface area contributed by atoms with Crippen molar-refractivity contribution in [1.82, 2.24) is 19.6 Å². The van der Waals surface area contributed by atoms with Crippen molar-refractivity contribution in [3.05, 3.63) is 95.2 Å². The minimum absolute atomic E-state index is 0.0635. The van der Waals surface area contributed by atoms with Gasteiger partial charge in [0.25, 0.3) is 0 Å². The summed E-state index contributed by atoms with van der Waals surface area (Å²) in [4.78, 5) is 16.8. The zero-order chi connectivity index (χ0) is 18.8. The van der Waals surface area contributed by atoms with E-state index < -0.39 is 11.6 Å². The molecular formula is C20H14F2N4O. The van der Waals surface area contributed by atoms with Crippen LogP contribution in [0, 0.1) is 11.6 Å². The van der Waals surface area contributed by atoms with Crippen molar-refractivity contribution < 1.29 is 13.6 Å². The van der Waals surface area contributed by atoms with Gasteiger partial charge in [0.2, 0.25) is 0 Å². The Hall–Kier alpha value is -3.48. The molecule has 0 aliphatic heterocycles. The summed E-state index contributed by atoms with van der Waals surface area (Å²) in [5.41, 5.74) is 3.36. The van der Waals surface area contributed by atoms with Crippen LogP contribution in [-0.2, 0) is 12.8 Å². The lowest BCUT2D eigenvalue weighted by Crippen LogP contribution is -2.06. The van der Waals surface area contributed by atoms with E-state index in [0.29, 0.717) is 28.9 Å². The van der Waals surface area contributed by atoms with Crippen LogP contribution < -0.4 is 0 Å². The first-order valence-corrected chi connectivity index (χ1v) is 8.29. The second kappa shape index (κ2) is 7.03. The summed E-state index contributed by atoms with van der Waals surface area (Å²) in [6.45, 7) is 0. The SMILES string of the molecule is O=C(Cc1ccc(Cc2ccc(F)c(F)c2)cn1)c1ccc2nncn2c1. The first kappa shape index (κ1) is 17.0. The van der Waals surface area contributed by atoms with Crippen LogP contribution in [0.25, 0.3) is 5.65 Å². The normalized spacial score (nSPS) is 11.0. The van der Waals surface area contributed by atoms with Crippen molar-refractivity contribution in [3.8, 4) is 0 Å². The molecule has 5 nitrogen and oxygen atoms in total. The number of hydrogen-bond donors (Lipinski definition) is 0. The molecule has 3 aromatic heterocycles. The van der Waals surface area contributed by atoms with Crippen LogP contribution in [-0.4, -0.2) is 25.4 Å². The van der Waals surface area contributed by atoms with Crippen LogP contribution >= 0.6 is 0 Å². The van der Waals surface area contributed by atoms with Gasteiger partial charge in [-0.05, 0) is 47.9 Å². The van der Waals surface area contributed by atoms with Crippen LogP contribution in [0.2, 0.25) is 0 Å². The van der Waals surface area contributed by atoms with Crippen molar-refractivity contribution in [2.45, 2.75) is 12.8 Å². The molecular weight excluding hydrogens is 350 g/mol. The molecule has 0 aliphatic rings. The Balaban J connectivity index is 1.45. The highest BCUT2D eigenvalue weighted by atomic mass is 19.2. The predicted molar refractivity (Wildman–Crippen MR) is 94.4 cm³/mol. The van der Waals surface area contributed by atoms with E-state index in [1.54, 1.807) is 35.0 Å². The Labute approximate surface area is 153 Å². The molecule has 0 unspecified atom stereocenters. The van der Waals surface area contributed by atoms with Crippen molar-refractivity contribution in [2.75, 3.05) is 0 Å². The van der Waals surface area contributed by atoms with Crippen LogP contribution in [0.15, 0.2) is 61.2 Å². The molecule has 0 fully saturated rings. The molecule has 0 spiro atoms. The fourth-order valence-corrected chi connectivity index (χ4v) is 2.81. The van der Waals surface area contributed by atoms with E-state index in [0.717, 1.165) is 11.6 Å². The zero-order valence-corrected chi connectivity index (χ0v) is 14.1. The summed E-state index contributed by atoms with van der Waals surface area (Å²) >= 11 is 0. The summed E-state index contributed by atoms with van der Waals surface area (Å²) in [5.74, 6) is -1.80. The van der Waals surface area contributed by atoms with Crippen LogP contribution in [0.4, 0.5) is 8.78 Å². The monoisotopic (exact) mass is 364 g/mol. The van der Waals surface area contributed by atoms with E-state index in [1.165, 1.54) is 18.5 Å². The molecule has 134 valence electrons. The minimum atomic E-state index is -0.868. The van der Waals surface area contributed by atoms with Gasteiger partial charge in [-0.15, -0.1) is 10.2 Å². The Bertz CT molecular complexity index is 1120. The molecule has 0 radical (unpaired) electrons. The number of fused-ring (bicyclic) bond motifs is 1. The highest BCUT2D eigenvalue weighted by Crippen LogP contribution is 2.14. The molecule has 0 bridgehead atoms. The van der Waals surface area contributed by atoms with E-state index in [1.807, 2.05) is 6.07 Å². The maximum atomic E-state index is 13.3. The number of carbonyl (C=O) groups is 1. The molecule has 7 heteroatoms. The minimum Gasteiger partial charge on any atom is -0.294 e. The fraction of sp³-hybridized carbons (Fsp3) is 0.100. The molecule has 4 rings (SSSR count). The quantitative estimate of drug-likeness (QED) is 0.509. The topological polar surface area (TPSA) is 60.2 Å². The molecule has 0 saturated heterocycles. The number of carbonyl (C=O) groups excluding carboxylic acids is 1. The Morgan fingerprint density at radius 3 is 2.63 bits per heavy atom. The molecule has 0 amide bonds. The van der Waals surface area contributed by atoms with E-state index in [4.69, 9.17) is 0 Å². The highest BCUT2D eigenvalue weighted by Gasteiger charge is 2.10. The Kier molecular flexibility index (Phi) is 4.42. The van der Waals surface area contributed by atoms with Crippen molar-refractivity contribution in [2.24, 2.45) is 0 Å². The highest BCUT2D eigenvalue weighted by molar-refractivity contribution is 5.97. The lowest BCUT2D eigenvalue weighted by Gasteiger charge is -2.05. The van der Waals surface area contributed by atoms with E-state index in [-0.39, 0.29) is 12.2 Å². The summed E-state index contributed by atoms with van der Waals surface area (Å²) < 4.78 is 28.0. The molecule has 27 heavy (non-hydrogen) atoms. The third-order valence-electron chi connectivity index (χ3n) is 4.23. The van der Waals surface area contributed by atoms with Crippen LogP contribution in [0.1, 0.15) is 27.2 Å². The average molecular weight is 364 g/mol. The van der Waals surface area contributed by atoms with Gasteiger partial charge in [-0.3, -0.25) is 14.2 Å². The third-order valence-corrected chi connectivity index (χ3v) is 4.23. The van der Waals surface area contributed by atoms with Crippen molar-refractivity contribution >= 4 is 11.4 Å². The lowest BCUT2D eigenvalue weighted by atomic mass is 10.0. The van der Waals surface area contributed by atoms with Gasteiger partial charge in [0.05, 0.1) is 6.42 Å². The summed E-state index contributed by atoms with van der Waals surface area (Å²) in [6, 6.07) is 10.9. The number of Topliss-reactive ketones (excluding diaryl/α,β-unsaturated/α-hetero) is 1. The molecule has 1 aromatic carbocycles. The zero-order valence-electron chi connectivity index (χ0n) is 14.1. The third kappa shape index (κ3) is 3.72. The average Bonchev–Trinajstić information content (AvgIpc) is 3.14. The van der Waals surface area contributed by atoms with Gasteiger partial charge in [0, 0.05) is 23.7 Å². The molecule has 0 saturated carbocycles. The number of rotatable bonds is 5. The van der Waals surface area contributed by atoms with Gasteiger partial charge in [-0.2, -0.15) is 0 Å². The van der Waals surface area contributed by atoms with E-state index in [2.05, 4.69) is 15.2 Å². The van der Waals surface area contributed by atoms with Crippen molar-refractivity contribution in [1.29, 1.82) is 0 Å². The van der Waals surface area contributed by atoms with Gasteiger partial charge in [-0.1, -0.05) is 12.1 Å². The number of halogens is 2. The van der Waals surface area contributed by atoms with Crippen LogP contribution in [0.3, 0.4) is 0 Å². The Morgan fingerprint density at radius 1 is 1.00 bits per heavy atom. The summed E-state index contributed by atoms with van der Waals surface area (Å²) in [6.07, 6.45) is 5.47. The largest absolute Gasteiger partial charge is 0.294 e. The number of pyridine rings is 2. The number of aromatic nitrogens is 4. The van der Waals surface area contributed by atoms with Gasteiger partial charge in [-0.25, -0.2) is 8.78 Å². The maximum Gasteiger partial charge on any atom is 0.170 e. The molecule has 4 aromatic rings. The molecule has 0 atom stereocenters.